The highest BCUT2D eigenvalue weighted by atomic mass is 79.9. The number of anilines is 1. The second-order valence-electron chi connectivity index (χ2n) is 4.48. The third-order valence-electron chi connectivity index (χ3n) is 3.32. The zero-order chi connectivity index (χ0) is 16.0. The number of hydrogen-bond donors (Lipinski definition) is 3. The molecule has 0 fully saturated rings. The van der Waals surface area contributed by atoms with Crippen LogP contribution in [0.15, 0.2) is 22.7 Å². The molecule has 0 saturated heterocycles. The molecule has 6 nitrogen and oxygen atoms in total. The molecular weight excluding hydrogens is 338 g/mol. The smallest absolute Gasteiger partial charge is 0.329 e. The van der Waals surface area contributed by atoms with E-state index in [4.69, 9.17) is 5.26 Å². The van der Waals surface area contributed by atoms with Crippen LogP contribution in [0, 0.1) is 11.3 Å². The third-order valence-corrected chi connectivity index (χ3v) is 3.81. The largest absolute Gasteiger partial charge is 0.480 e. The summed E-state index contributed by atoms with van der Waals surface area (Å²) in [7, 11) is 0. The first-order valence-corrected chi connectivity index (χ1v) is 7.20. The van der Waals surface area contributed by atoms with Gasteiger partial charge < -0.3 is 15.7 Å². The lowest BCUT2D eigenvalue weighted by molar-refractivity contribution is -0.144. The molecule has 21 heavy (non-hydrogen) atoms. The van der Waals surface area contributed by atoms with Crippen LogP contribution in [0.3, 0.4) is 0 Å². The summed E-state index contributed by atoms with van der Waals surface area (Å²) < 4.78 is 0.715. The zero-order valence-corrected chi connectivity index (χ0v) is 13.3. The Hall–Kier alpha value is -2.07. The molecule has 0 bridgehead atoms. The Morgan fingerprint density at radius 2 is 2.00 bits per heavy atom. The first-order chi connectivity index (χ1) is 9.88. The summed E-state index contributed by atoms with van der Waals surface area (Å²) in [6, 6.07) is 6.14. The lowest BCUT2D eigenvalue weighted by Crippen LogP contribution is -2.55. The summed E-state index contributed by atoms with van der Waals surface area (Å²) in [6.07, 6.45) is 0.523. The van der Waals surface area contributed by atoms with Crippen LogP contribution in [0.4, 0.5) is 10.5 Å². The maximum absolute atomic E-state index is 12.0. The standard InChI is InChI=1S/C14H16BrN3O3/c1-3-14(4-2,12(19)20)18-13(21)17-11-6-5-10(15)7-9(11)8-16/h5-7H,3-4H2,1-2H3,(H,19,20)(H2,17,18,21). The fraction of sp³-hybridized carbons (Fsp3) is 0.357. The molecule has 0 radical (unpaired) electrons. The van der Waals surface area contributed by atoms with E-state index >= 15 is 0 Å². The number of hydrogen-bond acceptors (Lipinski definition) is 3. The molecule has 1 rings (SSSR count). The molecule has 0 aliphatic heterocycles. The van der Waals surface area contributed by atoms with E-state index in [1.54, 1.807) is 32.0 Å². The van der Waals surface area contributed by atoms with Crippen LogP contribution >= 0.6 is 15.9 Å². The molecule has 112 valence electrons. The summed E-state index contributed by atoms with van der Waals surface area (Å²) in [4.78, 5) is 23.3. The number of amides is 2. The Labute approximate surface area is 131 Å². The van der Waals surface area contributed by atoms with Gasteiger partial charge in [-0.25, -0.2) is 9.59 Å². The predicted molar refractivity (Wildman–Crippen MR) is 82.0 cm³/mol. The molecule has 3 N–H and O–H groups in total. The number of urea groups is 1. The van der Waals surface area contributed by atoms with Crippen molar-refractivity contribution in [3.05, 3.63) is 28.2 Å². The van der Waals surface area contributed by atoms with Crippen LogP contribution in [0.25, 0.3) is 0 Å². The molecule has 0 heterocycles. The number of halogens is 1. The van der Waals surface area contributed by atoms with Crippen molar-refractivity contribution in [3.8, 4) is 6.07 Å². The Morgan fingerprint density at radius 1 is 1.38 bits per heavy atom. The lowest BCUT2D eigenvalue weighted by atomic mass is 9.93. The highest BCUT2D eigenvalue weighted by Gasteiger charge is 2.36. The molecule has 0 aromatic heterocycles. The van der Waals surface area contributed by atoms with Gasteiger partial charge in [0.25, 0.3) is 0 Å². The van der Waals surface area contributed by atoms with Crippen molar-refractivity contribution in [1.82, 2.24) is 5.32 Å². The average Bonchev–Trinajstić information content (AvgIpc) is 2.46. The molecule has 0 unspecified atom stereocenters. The van der Waals surface area contributed by atoms with Gasteiger partial charge in [-0.1, -0.05) is 29.8 Å². The minimum absolute atomic E-state index is 0.262. The maximum atomic E-state index is 12.0. The van der Waals surface area contributed by atoms with Crippen LogP contribution in [0.1, 0.15) is 32.3 Å². The van der Waals surface area contributed by atoms with E-state index in [1.807, 2.05) is 6.07 Å². The number of nitriles is 1. The number of carboxylic acid groups (broad SMARTS) is 1. The van der Waals surface area contributed by atoms with Gasteiger partial charge in [-0.15, -0.1) is 0 Å². The SMILES string of the molecule is CCC(CC)(NC(=O)Nc1ccc(Br)cc1C#N)C(=O)O. The van der Waals surface area contributed by atoms with E-state index in [1.165, 1.54) is 0 Å². The Morgan fingerprint density at radius 3 is 2.48 bits per heavy atom. The number of carboxylic acids is 1. The Kier molecular flexibility index (Phi) is 5.73. The molecule has 1 aromatic carbocycles. The molecule has 1 aromatic rings. The van der Waals surface area contributed by atoms with Crippen LogP contribution in [-0.4, -0.2) is 22.6 Å². The maximum Gasteiger partial charge on any atom is 0.329 e. The highest BCUT2D eigenvalue weighted by Crippen LogP contribution is 2.21. The van der Waals surface area contributed by atoms with Crippen LogP contribution in [0.2, 0.25) is 0 Å². The number of carbonyl (C=O) groups excluding carboxylic acids is 1. The number of nitrogens with one attached hydrogen (secondary N) is 2. The van der Waals surface area contributed by atoms with E-state index < -0.39 is 17.5 Å². The van der Waals surface area contributed by atoms with Crippen LogP contribution < -0.4 is 10.6 Å². The Bertz CT molecular complexity index is 592. The van der Waals surface area contributed by atoms with Crippen molar-refractivity contribution < 1.29 is 14.7 Å². The van der Waals surface area contributed by atoms with Gasteiger partial charge in [0.15, 0.2) is 0 Å². The highest BCUT2D eigenvalue weighted by molar-refractivity contribution is 9.10. The number of benzene rings is 1. The number of rotatable bonds is 5. The number of nitrogens with zero attached hydrogens (tertiary/aromatic N) is 1. The van der Waals surface area contributed by atoms with Gasteiger partial charge in [0.05, 0.1) is 11.3 Å². The molecule has 0 saturated carbocycles. The van der Waals surface area contributed by atoms with Gasteiger partial charge >= 0.3 is 12.0 Å². The molecule has 0 atom stereocenters. The normalized spacial score (nSPS) is 10.6. The minimum Gasteiger partial charge on any atom is -0.480 e. The second-order valence-corrected chi connectivity index (χ2v) is 5.39. The van der Waals surface area contributed by atoms with Gasteiger partial charge in [0.2, 0.25) is 0 Å². The van der Waals surface area contributed by atoms with Crippen molar-refractivity contribution in [2.45, 2.75) is 32.2 Å². The number of carbonyl (C=O) groups is 2. The van der Waals surface area contributed by atoms with E-state index in [9.17, 15) is 14.7 Å². The van der Waals surface area contributed by atoms with Gasteiger partial charge in [-0.05, 0) is 31.0 Å². The number of aliphatic carboxylic acids is 1. The van der Waals surface area contributed by atoms with E-state index in [2.05, 4.69) is 26.6 Å². The lowest BCUT2D eigenvalue weighted by Gasteiger charge is -2.28. The summed E-state index contributed by atoms with van der Waals surface area (Å²) >= 11 is 3.24. The first-order valence-electron chi connectivity index (χ1n) is 6.40. The van der Waals surface area contributed by atoms with Gasteiger partial charge in [0.1, 0.15) is 11.6 Å². The zero-order valence-electron chi connectivity index (χ0n) is 11.7. The van der Waals surface area contributed by atoms with E-state index in [0.717, 1.165) is 0 Å². The van der Waals surface area contributed by atoms with Gasteiger partial charge in [-0.2, -0.15) is 5.26 Å². The fourth-order valence-electron chi connectivity index (χ4n) is 1.87. The van der Waals surface area contributed by atoms with Crippen LogP contribution in [-0.2, 0) is 4.79 Å². The van der Waals surface area contributed by atoms with Crippen molar-refractivity contribution >= 4 is 33.6 Å². The summed E-state index contributed by atoms with van der Waals surface area (Å²) in [5, 5.41) is 23.3. The van der Waals surface area contributed by atoms with Gasteiger partial charge in [-0.3, -0.25) is 0 Å². The quantitative estimate of drug-likeness (QED) is 0.756. The van der Waals surface area contributed by atoms with E-state index in [-0.39, 0.29) is 18.4 Å². The Balaban J connectivity index is 2.92. The van der Waals surface area contributed by atoms with Crippen molar-refractivity contribution in [2.24, 2.45) is 0 Å². The summed E-state index contributed by atoms with van der Waals surface area (Å²) in [5.74, 6) is -1.08. The average molecular weight is 354 g/mol. The molecule has 2 amide bonds. The molecule has 0 aliphatic rings. The predicted octanol–water partition coefficient (Wildman–Crippen LogP) is 3.09. The first kappa shape index (κ1) is 17.0. The monoisotopic (exact) mass is 353 g/mol. The molecular formula is C14H16BrN3O3. The van der Waals surface area contributed by atoms with E-state index in [0.29, 0.717) is 10.2 Å². The summed E-state index contributed by atoms with van der Waals surface area (Å²) in [5.41, 5.74) is -0.704. The van der Waals surface area contributed by atoms with Crippen molar-refractivity contribution in [2.75, 3.05) is 5.32 Å². The van der Waals surface area contributed by atoms with Crippen molar-refractivity contribution in [3.63, 3.8) is 0 Å². The molecule has 7 heteroatoms. The third kappa shape index (κ3) is 3.95. The topological polar surface area (TPSA) is 102 Å². The fourth-order valence-corrected chi connectivity index (χ4v) is 2.23. The van der Waals surface area contributed by atoms with Gasteiger partial charge in [0, 0.05) is 4.47 Å². The second kappa shape index (κ2) is 7.09. The van der Waals surface area contributed by atoms with Crippen LogP contribution in [0.5, 0.6) is 0 Å². The summed E-state index contributed by atoms with van der Waals surface area (Å²) in [6.45, 7) is 3.39. The van der Waals surface area contributed by atoms with Crippen molar-refractivity contribution in [1.29, 1.82) is 5.26 Å². The molecule has 0 aliphatic carbocycles. The minimum atomic E-state index is -1.31. The molecule has 0 spiro atoms.